The molecule has 0 fully saturated rings. The van der Waals surface area contributed by atoms with Crippen molar-refractivity contribution >= 4 is 46.3 Å². The maximum atomic E-state index is 12.3. The number of halogens is 2. The van der Waals surface area contributed by atoms with Crippen molar-refractivity contribution in [3.63, 3.8) is 0 Å². The molecule has 1 aromatic heterocycles. The number of nitrogens with zero attached hydrogens (tertiary/aromatic N) is 2. The molecular formula is C16H16Cl2N2OS2. The van der Waals surface area contributed by atoms with Crippen molar-refractivity contribution < 1.29 is 0 Å². The number of thioether (sulfide) groups is 1. The third-order valence-electron chi connectivity index (χ3n) is 2.96. The monoisotopic (exact) mass is 386 g/mol. The molecule has 0 saturated carbocycles. The zero-order chi connectivity index (χ0) is 17.4. The molecule has 0 aliphatic heterocycles. The van der Waals surface area contributed by atoms with Crippen molar-refractivity contribution in [2.45, 2.75) is 43.3 Å². The summed E-state index contributed by atoms with van der Waals surface area (Å²) in [7, 11) is 0. The van der Waals surface area contributed by atoms with Crippen LogP contribution in [0.15, 0.2) is 21.8 Å². The maximum Gasteiger partial charge on any atom is 0.329 e. The molecule has 1 heterocycles. The normalized spacial score (nSPS) is 12.9. The minimum absolute atomic E-state index is 0.0428. The summed E-state index contributed by atoms with van der Waals surface area (Å²) in [6.07, 6.45) is 5.42. The molecule has 3 nitrogen and oxygen atoms in total. The highest BCUT2D eigenvalue weighted by molar-refractivity contribution is 8.00. The van der Waals surface area contributed by atoms with Crippen LogP contribution in [0, 0.1) is 12.3 Å². The lowest BCUT2D eigenvalue weighted by molar-refractivity contribution is 0.569. The minimum Gasteiger partial charge on any atom is -0.255 e. The Morgan fingerprint density at radius 1 is 1.35 bits per heavy atom. The number of benzene rings is 1. The molecule has 122 valence electrons. The van der Waals surface area contributed by atoms with Gasteiger partial charge in [0.05, 0.1) is 21.0 Å². The summed E-state index contributed by atoms with van der Waals surface area (Å²) in [6, 6.07) is 3.38. The summed E-state index contributed by atoms with van der Waals surface area (Å²) in [5.74, 6) is 2.64. The van der Waals surface area contributed by atoms with Crippen molar-refractivity contribution in [2.24, 2.45) is 0 Å². The molecule has 1 aromatic carbocycles. The van der Waals surface area contributed by atoms with Gasteiger partial charge in [-0.15, -0.1) is 18.2 Å². The van der Waals surface area contributed by atoms with Gasteiger partial charge in [0, 0.05) is 10.3 Å². The number of rotatable bonds is 3. The topological polar surface area (TPSA) is 34.9 Å². The van der Waals surface area contributed by atoms with E-state index in [9.17, 15) is 4.79 Å². The Hall–Kier alpha value is -0.930. The average Bonchev–Trinajstić information content (AvgIpc) is 2.83. The van der Waals surface area contributed by atoms with E-state index in [0.717, 1.165) is 21.2 Å². The van der Waals surface area contributed by atoms with E-state index in [0.29, 0.717) is 15.7 Å². The fraction of sp³-hybridized carbons (Fsp3) is 0.375. The van der Waals surface area contributed by atoms with Crippen LogP contribution in [0.3, 0.4) is 0 Å². The molecule has 0 bridgehead atoms. The average molecular weight is 387 g/mol. The van der Waals surface area contributed by atoms with Gasteiger partial charge in [-0.1, -0.05) is 61.2 Å². The van der Waals surface area contributed by atoms with Crippen LogP contribution < -0.4 is 4.87 Å². The van der Waals surface area contributed by atoms with E-state index >= 15 is 0 Å². The van der Waals surface area contributed by atoms with Gasteiger partial charge in [-0.2, -0.15) is 9.78 Å². The number of hydrogen-bond donors (Lipinski definition) is 0. The molecule has 0 aliphatic rings. The van der Waals surface area contributed by atoms with Crippen LogP contribution in [0.25, 0.3) is 5.69 Å². The molecule has 0 N–H and O–H groups in total. The molecule has 0 aliphatic carbocycles. The SMILES string of the molecule is C#CC(C)Sc1cc(-n2nc(C(C)(C)C)sc2=O)c(Cl)cc1Cl. The zero-order valence-electron chi connectivity index (χ0n) is 13.2. The molecule has 1 atom stereocenters. The molecule has 0 amide bonds. The van der Waals surface area contributed by atoms with Crippen LogP contribution in [-0.4, -0.2) is 15.0 Å². The van der Waals surface area contributed by atoms with E-state index in [4.69, 9.17) is 29.6 Å². The number of hydrogen-bond acceptors (Lipinski definition) is 4. The van der Waals surface area contributed by atoms with Gasteiger partial charge in [-0.25, -0.2) is 0 Å². The van der Waals surface area contributed by atoms with Gasteiger partial charge in [-0.05, 0) is 19.1 Å². The molecule has 23 heavy (non-hydrogen) atoms. The fourth-order valence-electron chi connectivity index (χ4n) is 1.73. The van der Waals surface area contributed by atoms with Crippen molar-refractivity contribution in [1.82, 2.24) is 9.78 Å². The Bertz CT molecular complexity index is 828. The summed E-state index contributed by atoms with van der Waals surface area (Å²) in [6.45, 7) is 7.93. The third kappa shape index (κ3) is 4.13. The molecule has 0 saturated heterocycles. The van der Waals surface area contributed by atoms with E-state index in [2.05, 4.69) is 11.0 Å². The van der Waals surface area contributed by atoms with Crippen LogP contribution in [0.2, 0.25) is 10.0 Å². The molecule has 0 spiro atoms. The number of terminal acetylenes is 1. The highest BCUT2D eigenvalue weighted by atomic mass is 35.5. The highest BCUT2D eigenvalue weighted by Gasteiger charge is 2.22. The highest BCUT2D eigenvalue weighted by Crippen LogP contribution is 2.36. The summed E-state index contributed by atoms with van der Waals surface area (Å²) in [4.78, 5) is 12.9. The molecule has 1 unspecified atom stereocenters. The fourth-order valence-corrected chi connectivity index (χ4v) is 3.95. The Kier molecular flexibility index (Phi) is 5.52. The predicted octanol–water partition coefficient (Wildman–Crippen LogP) is 5.01. The second-order valence-corrected chi connectivity index (χ2v) is 9.13. The first-order chi connectivity index (χ1) is 10.6. The largest absolute Gasteiger partial charge is 0.329 e. The van der Waals surface area contributed by atoms with Crippen molar-refractivity contribution in [3.8, 4) is 18.0 Å². The van der Waals surface area contributed by atoms with E-state index in [1.165, 1.54) is 16.4 Å². The van der Waals surface area contributed by atoms with Crippen molar-refractivity contribution in [1.29, 1.82) is 0 Å². The molecular weight excluding hydrogens is 371 g/mol. The van der Waals surface area contributed by atoms with E-state index in [1.807, 2.05) is 27.7 Å². The lowest BCUT2D eigenvalue weighted by Crippen LogP contribution is -2.15. The van der Waals surface area contributed by atoms with Gasteiger partial charge in [0.25, 0.3) is 0 Å². The number of aromatic nitrogens is 2. The molecule has 0 radical (unpaired) electrons. The smallest absolute Gasteiger partial charge is 0.255 e. The maximum absolute atomic E-state index is 12.3. The molecule has 7 heteroatoms. The quantitative estimate of drug-likeness (QED) is 0.548. The van der Waals surface area contributed by atoms with Crippen LogP contribution >= 0.6 is 46.3 Å². The standard InChI is InChI=1S/C16H16Cl2N2OS2/c1-6-9(2)22-13-8-12(10(17)7-11(13)18)20-15(21)23-14(19-20)16(3,4)5/h1,7-9H,2-5H3. The van der Waals surface area contributed by atoms with Gasteiger partial charge >= 0.3 is 4.87 Å². The summed E-state index contributed by atoms with van der Waals surface area (Å²) < 4.78 is 1.33. The molecule has 2 aromatic rings. The van der Waals surface area contributed by atoms with Crippen molar-refractivity contribution in [3.05, 3.63) is 36.9 Å². The Labute approximate surface area is 154 Å². The summed E-state index contributed by atoms with van der Waals surface area (Å²) in [5.41, 5.74) is 0.309. The third-order valence-corrected chi connectivity index (χ3v) is 6.00. The lowest BCUT2D eigenvalue weighted by Gasteiger charge is -2.13. The second kappa shape index (κ2) is 6.90. The Morgan fingerprint density at radius 2 is 2.00 bits per heavy atom. The first-order valence-electron chi connectivity index (χ1n) is 6.86. The van der Waals surface area contributed by atoms with Gasteiger partial charge in [0.1, 0.15) is 5.01 Å². The predicted molar refractivity (Wildman–Crippen MR) is 101 cm³/mol. The summed E-state index contributed by atoms with van der Waals surface area (Å²) >= 11 is 15.1. The first-order valence-corrected chi connectivity index (χ1v) is 9.31. The first kappa shape index (κ1) is 18.4. The Morgan fingerprint density at radius 3 is 2.52 bits per heavy atom. The van der Waals surface area contributed by atoms with Crippen LogP contribution in [0.4, 0.5) is 0 Å². The lowest BCUT2D eigenvalue weighted by atomic mass is 9.98. The van der Waals surface area contributed by atoms with Gasteiger partial charge < -0.3 is 0 Å². The Balaban J connectivity index is 2.56. The van der Waals surface area contributed by atoms with Crippen LogP contribution in [0.5, 0.6) is 0 Å². The van der Waals surface area contributed by atoms with Gasteiger partial charge in [0.15, 0.2) is 0 Å². The summed E-state index contributed by atoms with van der Waals surface area (Å²) in [5, 5.41) is 6.02. The minimum atomic E-state index is -0.205. The zero-order valence-corrected chi connectivity index (χ0v) is 16.3. The van der Waals surface area contributed by atoms with Gasteiger partial charge in [0.2, 0.25) is 0 Å². The van der Waals surface area contributed by atoms with E-state index < -0.39 is 0 Å². The van der Waals surface area contributed by atoms with Crippen LogP contribution in [0.1, 0.15) is 32.7 Å². The second-order valence-electron chi connectivity index (χ2n) is 6.00. The van der Waals surface area contributed by atoms with Crippen molar-refractivity contribution in [2.75, 3.05) is 0 Å². The van der Waals surface area contributed by atoms with Crippen LogP contribution in [-0.2, 0) is 5.41 Å². The van der Waals surface area contributed by atoms with Gasteiger partial charge in [-0.3, -0.25) is 4.79 Å². The van der Waals surface area contributed by atoms with E-state index in [1.54, 1.807) is 12.1 Å². The van der Waals surface area contributed by atoms with E-state index in [-0.39, 0.29) is 15.5 Å². The molecule has 2 rings (SSSR count).